The maximum absolute atomic E-state index is 5.95. The molecule has 3 heterocycles. The number of fused-ring (bicyclic) bond motifs is 1. The van der Waals surface area contributed by atoms with Gasteiger partial charge < -0.3 is 19.5 Å². The highest BCUT2D eigenvalue weighted by molar-refractivity contribution is 7.10. The van der Waals surface area contributed by atoms with E-state index in [1.54, 1.807) is 22.7 Å². The molecule has 0 aliphatic carbocycles. The van der Waals surface area contributed by atoms with Crippen LogP contribution in [0.25, 0.3) is 0 Å². The van der Waals surface area contributed by atoms with Crippen LogP contribution in [-0.4, -0.2) is 18.4 Å². The van der Waals surface area contributed by atoms with Gasteiger partial charge in [-0.1, -0.05) is 13.0 Å². The quantitative estimate of drug-likeness (QED) is 0.557. The number of thiophene rings is 1. The van der Waals surface area contributed by atoms with Gasteiger partial charge in [0.2, 0.25) is 6.79 Å². The summed E-state index contributed by atoms with van der Waals surface area (Å²) >= 11 is 3.46. The van der Waals surface area contributed by atoms with Crippen LogP contribution in [0, 0.1) is 0 Å². The molecule has 1 atom stereocenters. The molecule has 7 heteroatoms. The zero-order chi connectivity index (χ0) is 18.5. The van der Waals surface area contributed by atoms with Crippen LogP contribution in [-0.2, 0) is 13.0 Å². The van der Waals surface area contributed by atoms with Crippen molar-refractivity contribution < 1.29 is 14.2 Å². The molecule has 142 valence electrons. The second-order valence-electron chi connectivity index (χ2n) is 6.25. The summed E-state index contributed by atoms with van der Waals surface area (Å²) in [5.41, 5.74) is 1.07. The Kier molecular flexibility index (Phi) is 5.91. The summed E-state index contributed by atoms with van der Waals surface area (Å²) in [5, 5.41) is 8.90. The highest BCUT2D eigenvalue weighted by Crippen LogP contribution is 2.38. The average molecular weight is 403 g/mol. The Morgan fingerprint density at radius 3 is 2.85 bits per heavy atom. The van der Waals surface area contributed by atoms with Crippen LogP contribution in [0.1, 0.15) is 34.8 Å². The number of benzene rings is 1. The lowest BCUT2D eigenvalue weighted by Gasteiger charge is -2.18. The molecule has 5 nitrogen and oxygen atoms in total. The minimum absolute atomic E-state index is 0.160. The van der Waals surface area contributed by atoms with Gasteiger partial charge in [-0.25, -0.2) is 4.98 Å². The van der Waals surface area contributed by atoms with Crippen LogP contribution in [0.2, 0.25) is 0 Å². The van der Waals surface area contributed by atoms with Gasteiger partial charge >= 0.3 is 0 Å². The average Bonchev–Trinajstić information content (AvgIpc) is 3.45. The molecule has 1 aliphatic heterocycles. The number of rotatable bonds is 9. The van der Waals surface area contributed by atoms with Crippen LogP contribution in [0.15, 0.2) is 41.2 Å². The van der Waals surface area contributed by atoms with Crippen molar-refractivity contribution in [1.29, 1.82) is 0 Å². The zero-order valence-corrected chi connectivity index (χ0v) is 16.8. The van der Waals surface area contributed by atoms with Crippen LogP contribution < -0.4 is 19.5 Å². The molecule has 3 aromatic rings. The summed E-state index contributed by atoms with van der Waals surface area (Å²) in [7, 11) is 0. The maximum Gasteiger partial charge on any atom is 0.231 e. The predicted octanol–water partition coefficient (Wildman–Crippen LogP) is 4.80. The number of nitrogens with one attached hydrogen (secondary N) is 1. The second-order valence-corrected chi connectivity index (χ2v) is 8.21. The summed E-state index contributed by atoms with van der Waals surface area (Å²) in [4.78, 5) is 5.87. The number of nitrogens with zero attached hydrogens (tertiary/aromatic N) is 1. The highest BCUT2D eigenvalue weighted by atomic mass is 32.1. The first-order valence-corrected chi connectivity index (χ1v) is 10.8. The van der Waals surface area contributed by atoms with Crippen molar-refractivity contribution in [3.05, 3.63) is 56.7 Å². The fraction of sp³-hybridized carbons (Fsp3) is 0.350. The molecule has 0 saturated heterocycles. The van der Waals surface area contributed by atoms with Crippen molar-refractivity contribution in [1.82, 2.24) is 10.3 Å². The van der Waals surface area contributed by atoms with Gasteiger partial charge in [0, 0.05) is 41.0 Å². The monoisotopic (exact) mass is 402 g/mol. The van der Waals surface area contributed by atoms with E-state index < -0.39 is 0 Å². The Morgan fingerprint density at radius 1 is 1.22 bits per heavy atom. The van der Waals surface area contributed by atoms with Crippen molar-refractivity contribution in [3.63, 3.8) is 0 Å². The summed E-state index contributed by atoms with van der Waals surface area (Å²) in [6, 6.07) is 8.38. The lowest BCUT2D eigenvalue weighted by Crippen LogP contribution is -2.23. The van der Waals surface area contributed by atoms with Crippen molar-refractivity contribution in [3.8, 4) is 17.2 Å². The lowest BCUT2D eigenvalue weighted by atomic mass is 10.1. The van der Waals surface area contributed by atoms with E-state index >= 15 is 0 Å². The fourth-order valence-corrected chi connectivity index (χ4v) is 4.43. The van der Waals surface area contributed by atoms with E-state index in [0.717, 1.165) is 40.7 Å². The Balaban J connectivity index is 1.53. The molecule has 1 N–H and O–H groups in total. The zero-order valence-electron chi connectivity index (χ0n) is 15.1. The fourth-order valence-electron chi connectivity index (χ4n) is 2.97. The molecule has 1 aliphatic rings. The van der Waals surface area contributed by atoms with E-state index in [9.17, 15) is 0 Å². The van der Waals surface area contributed by atoms with Crippen LogP contribution >= 0.6 is 22.7 Å². The summed E-state index contributed by atoms with van der Waals surface area (Å²) in [5.74, 6) is 2.38. The molecule has 0 radical (unpaired) electrons. The first kappa shape index (κ1) is 18.3. The van der Waals surface area contributed by atoms with Crippen molar-refractivity contribution in [2.45, 2.75) is 32.4 Å². The van der Waals surface area contributed by atoms with E-state index in [1.807, 2.05) is 23.7 Å². The number of thiazole rings is 1. The summed E-state index contributed by atoms with van der Waals surface area (Å²) in [6.07, 6.45) is 3.74. The molecule has 0 unspecified atom stereocenters. The maximum atomic E-state index is 5.95. The molecular formula is C20H22N2O3S2. The molecule has 0 amide bonds. The molecule has 1 aromatic carbocycles. The topological polar surface area (TPSA) is 52.6 Å². The minimum Gasteiger partial charge on any atom is -0.493 e. The van der Waals surface area contributed by atoms with Gasteiger partial charge in [-0.05, 0) is 23.9 Å². The van der Waals surface area contributed by atoms with E-state index in [4.69, 9.17) is 14.2 Å². The third-order valence-electron chi connectivity index (χ3n) is 4.29. The summed E-state index contributed by atoms with van der Waals surface area (Å²) in [6.45, 7) is 3.72. The molecule has 0 bridgehead atoms. The Morgan fingerprint density at radius 2 is 2.11 bits per heavy atom. The number of hydrogen-bond acceptors (Lipinski definition) is 7. The normalized spacial score (nSPS) is 13.7. The highest BCUT2D eigenvalue weighted by Gasteiger charge is 2.20. The van der Waals surface area contributed by atoms with Gasteiger partial charge in [0.25, 0.3) is 0 Å². The number of hydrogen-bond donors (Lipinski definition) is 1. The van der Waals surface area contributed by atoms with Gasteiger partial charge in [0.05, 0.1) is 12.6 Å². The van der Waals surface area contributed by atoms with Gasteiger partial charge in [-0.15, -0.1) is 22.7 Å². The molecule has 2 aromatic heterocycles. The summed E-state index contributed by atoms with van der Waals surface area (Å²) < 4.78 is 17.0. The van der Waals surface area contributed by atoms with Crippen molar-refractivity contribution >= 4 is 22.7 Å². The van der Waals surface area contributed by atoms with Gasteiger partial charge in [-0.2, -0.15) is 0 Å². The Bertz CT molecular complexity index is 851. The third kappa shape index (κ3) is 4.43. The van der Waals surface area contributed by atoms with Crippen molar-refractivity contribution in [2.24, 2.45) is 0 Å². The van der Waals surface area contributed by atoms with Crippen LogP contribution in [0.3, 0.4) is 0 Å². The Hall–Kier alpha value is -2.09. The largest absolute Gasteiger partial charge is 0.493 e. The molecular weight excluding hydrogens is 380 g/mol. The standard InChI is InChI=1S/C20H22N2O3S2/c1-2-6-23-17-11-19-18(24-13-25-19)9-14(17)12-22-16(20-21-5-8-27-20)10-15-4-3-7-26-15/h3-5,7-9,11,16,22H,2,6,10,12-13H2,1H3/t16-/m0/s1. The molecule has 4 rings (SSSR count). The van der Waals surface area contributed by atoms with Crippen LogP contribution in [0.4, 0.5) is 0 Å². The van der Waals surface area contributed by atoms with E-state index in [1.165, 1.54) is 4.88 Å². The van der Waals surface area contributed by atoms with E-state index in [0.29, 0.717) is 13.2 Å². The molecule has 0 saturated carbocycles. The molecule has 27 heavy (non-hydrogen) atoms. The predicted molar refractivity (Wildman–Crippen MR) is 108 cm³/mol. The number of aromatic nitrogens is 1. The second kappa shape index (κ2) is 8.73. The first-order valence-electron chi connectivity index (χ1n) is 9.04. The molecule has 0 spiro atoms. The number of ether oxygens (including phenoxy) is 3. The molecule has 0 fully saturated rings. The van der Waals surface area contributed by atoms with Crippen LogP contribution in [0.5, 0.6) is 17.2 Å². The Labute approximate surface area is 166 Å². The SMILES string of the molecule is CCCOc1cc2c(cc1CN[C@@H](Cc1cccs1)c1nccs1)OCO2. The lowest BCUT2D eigenvalue weighted by molar-refractivity contribution is 0.173. The third-order valence-corrected chi connectivity index (χ3v) is 6.08. The van der Waals surface area contributed by atoms with E-state index in [-0.39, 0.29) is 12.8 Å². The van der Waals surface area contributed by atoms with Gasteiger partial charge in [-0.3, -0.25) is 0 Å². The van der Waals surface area contributed by atoms with Crippen molar-refractivity contribution in [2.75, 3.05) is 13.4 Å². The van der Waals surface area contributed by atoms with Gasteiger partial charge in [0.1, 0.15) is 10.8 Å². The smallest absolute Gasteiger partial charge is 0.231 e. The van der Waals surface area contributed by atoms with E-state index in [2.05, 4.69) is 34.7 Å². The minimum atomic E-state index is 0.160. The first-order chi connectivity index (χ1) is 13.3. The van der Waals surface area contributed by atoms with Gasteiger partial charge in [0.15, 0.2) is 11.5 Å².